The molecule has 2 rings (SSSR count). The molecule has 0 radical (unpaired) electrons. The topological polar surface area (TPSA) is 24.1 Å². The van der Waals surface area contributed by atoms with Crippen LogP contribution in [0.2, 0.25) is 5.02 Å². The molecule has 19 heavy (non-hydrogen) atoms. The Hall–Kier alpha value is -0.620. The molecule has 0 bridgehead atoms. The van der Waals surface area contributed by atoms with Gasteiger partial charge in [-0.1, -0.05) is 49.5 Å². The summed E-state index contributed by atoms with van der Waals surface area (Å²) in [6, 6.07) is 13.3. The highest BCUT2D eigenvalue weighted by atomic mass is 79.9. The Morgan fingerprint density at radius 2 is 1.74 bits per heavy atom. The molecule has 0 unspecified atom stereocenters. The largest absolute Gasteiger partial charge is 0.332 e. The van der Waals surface area contributed by atoms with Gasteiger partial charge in [-0.25, -0.2) is 0 Å². The van der Waals surface area contributed by atoms with E-state index in [4.69, 9.17) is 23.8 Å². The first kappa shape index (κ1) is 14.8. The van der Waals surface area contributed by atoms with Crippen molar-refractivity contribution in [2.75, 3.05) is 10.6 Å². The Morgan fingerprint density at radius 3 is 2.42 bits per heavy atom. The second-order valence-corrected chi connectivity index (χ2v) is 6.36. The lowest BCUT2D eigenvalue weighted by Crippen LogP contribution is -2.19. The van der Waals surface area contributed by atoms with Crippen molar-refractivity contribution in [2.45, 2.75) is 0 Å². The maximum atomic E-state index is 6.11. The monoisotopic (exact) mass is 418 g/mol. The van der Waals surface area contributed by atoms with E-state index in [1.165, 1.54) is 0 Å². The van der Waals surface area contributed by atoms with Crippen molar-refractivity contribution in [3.05, 3.63) is 56.4 Å². The average Bonchev–Trinajstić information content (AvgIpc) is 2.33. The van der Waals surface area contributed by atoms with Crippen LogP contribution in [0.15, 0.2) is 51.4 Å². The first-order chi connectivity index (χ1) is 9.04. The van der Waals surface area contributed by atoms with E-state index >= 15 is 0 Å². The van der Waals surface area contributed by atoms with Gasteiger partial charge in [0, 0.05) is 14.6 Å². The summed E-state index contributed by atoms with van der Waals surface area (Å²) < 4.78 is 1.91. The lowest BCUT2D eigenvalue weighted by atomic mass is 10.3. The molecule has 0 spiro atoms. The van der Waals surface area contributed by atoms with Crippen molar-refractivity contribution in [1.29, 1.82) is 0 Å². The van der Waals surface area contributed by atoms with Crippen LogP contribution in [0.3, 0.4) is 0 Å². The van der Waals surface area contributed by atoms with Crippen molar-refractivity contribution in [3.63, 3.8) is 0 Å². The third-order valence-electron chi connectivity index (χ3n) is 2.26. The molecule has 2 aromatic rings. The van der Waals surface area contributed by atoms with Crippen molar-refractivity contribution < 1.29 is 0 Å². The Morgan fingerprint density at radius 1 is 1.00 bits per heavy atom. The average molecular weight is 421 g/mol. The second-order valence-electron chi connectivity index (χ2n) is 3.71. The van der Waals surface area contributed by atoms with E-state index < -0.39 is 0 Å². The van der Waals surface area contributed by atoms with Gasteiger partial charge in [-0.05, 0) is 48.6 Å². The number of nitrogens with one attached hydrogen (secondary N) is 2. The maximum absolute atomic E-state index is 6.11. The molecule has 0 saturated heterocycles. The lowest BCUT2D eigenvalue weighted by Gasteiger charge is -2.12. The summed E-state index contributed by atoms with van der Waals surface area (Å²) in [7, 11) is 0. The second kappa shape index (κ2) is 6.70. The Kier molecular flexibility index (Phi) is 5.21. The van der Waals surface area contributed by atoms with Gasteiger partial charge in [0.25, 0.3) is 0 Å². The molecule has 2 aromatic carbocycles. The molecular weight excluding hydrogens is 411 g/mol. The van der Waals surface area contributed by atoms with Crippen LogP contribution in [0.5, 0.6) is 0 Å². The zero-order chi connectivity index (χ0) is 13.8. The van der Waals surface area contributed by atoms with Crippen LogP contribution in [0.25, 0.3) is 0 Å². The molecule has 2 N–H and O–H groups in total. The van der Waals surface area contributed by atoms with Gasteiger partial charge in [-0.3, -0.25) is 0 Å². The number of anilines is 2. The van der Waals surface area contributed by atoms with Crippen molar-refractivity contribution >= 4 is 72.2 Å². The van der Waals surface area contributed by atoms with E-state index in [0.717, 1.165) is 20.3 Å². The molecular formula is C13H9Br2ClN2S. The smallest absolute Gasteiger partial charge is 0.175 e. The van der Waals surface area contributed by atoms with E-state index in [2.05, 4.69) is 42.5 Å². The van der Waals surface area contributed by atoms with Crippen LogP contribution >= 0.6 is 55.7 Å². The summed E-state index contributed by atoms with van der Waals surface area (Å²) in [4.78, 5) is 0. The number of halogens is 3. The molecule has 6 heteroatoms. The van der Waals surface area contributed by atoms with E-state index in [0.29, 0.717) is 10.1 Å². The first-order valence-electron chi connectivity index (χ1n) is 5.33. The van der Waals surface area contributed by atoms with Gasteiger partial charge in [0.1, 0.15) is 0 Å². The lowest BCUT2D eigenvalue weighted by molar-refractivity contribution is 1.57. The van der Waals surface area contributed by atoms with Gasteiger partial charge in [-0.15, -0.1) is 0 Å². The molecule has 0 aliphatic carbocycles. The summed E-state index contributed by atoms with van der Waals surface area (Å²) in [5, 5.41) is 7.24. The number of benzene rings is 2. The third kappa shape index (κ3) is 4.45. The summed E-state index contributed by atoms with van der Waals surface area (Å²) in [6.45, 7) is 0. The molecule has 0 atom stereocenters. The normalized spacial score (nSPS) is 10.1. The minimum atomic E-state index is 0.488. The predicted octanol–water partition coefficient (Wildman–Crippen LogP) is 5.67. The van der Waals surface area contributed by atoms with Crippen LogP contribution < -0.4 is 10.6 Å². The van der Waals surface area contributed by atoms with Crippen molar-refractivity contribution in [3.8, 4) is 0 Å². The van der Waals surface area contributed by atoms with Crippen LogP contribution in [-0.2, 0) is 0 Å². The maximum Gasteiger partial charge on any atom is 0.175 e. The fourth-order valence-corrected chi connectivity index (χ4v) is 2.79. The van der Waals surface area contributed by atoms with E-state index in [9.17, 15) is 0 Å². The molecule has 0 saturated carbocycles. The molecule has 0 amide bonds. The standard InChI is InChI=1S/C13H9Br2ClN2S/c14-8-2-1-3-10(6-8)17-13(19)18-12-5-4-9(15)7-11(12)16/h1-7H,(H2,17,18,19). The van der Waals surface area contributed by atoms with Gasteiger partial charge < -0.3 is 10.6 Å². The van der Waals surface area contributed by atoms with Gasteiger partial charge in [-0.2, -0.15) is 0 Å². The SMILES string of the molecule is S=C(Nc1cccc(Br)c1)Nc1ccc(Br)cc1Cl. The molecule has 0 fully saturated rings. The predicted molar refractivity (Wildman–Crippen MR) is 93.1 cm³/mol. The fraction of sp³-hybridized carbons (Fsp3) is 0. The minimum absolute atomic E-state index is 0.488. The highest BCUT2D eigenvalue weighted by molar-refractivity contribution is 9.10. The zero-order valence-electron chi connectivity index (χ0n) is 9.58. The van der Waals surface area contributed by atoms with E-state index in [-0.39, 0.29) is 0 Å². The van der Waals surface area contributed by atoms with Gasteiger partial charge in [0.15, 0.2) is 5.11 Å². The van der Waals surface area contributed by atoms with Crippen LogP contribution in [0.1, 0.15) is 0 Å². The van der Waals surface area contributed by atoms with Crippen molar-refractivity contribution in [2.24, 2.45) is 0 Å². The summed E-state index contributed by atoms with van der Waals surface area (Å²) >= 11 is 18.1. The van der Waals surface area contributed by atoms with Crippen molar-refractivity contribution in [1.82, 2.24) is 0 Å². The fourth-order valence-electron chi connectivity index (χ4n) is 1.44. The highest BCUT2D eigenvalue weighted by Gasteiger charge is 2.04. The Labute approximate surface area is 138 Å². The van der Waals surface area contributed by atoms with Gasteiger partial charge in [0.05, 0.1) is 10.7 Å². The summed E-state index contributed by atoms with van der Waals surface area (Å²) in [5.41, 5.74) is 1.66. The van der Waals surface area contributed by atoms with Crippen LogP contribution in [0.4, 0.5) is 11.4 Å². The summed E-state index contributed by atoms with van der Waals surface area (Å²) in [6.07, 6.45) is 0. The number of hydrogen-bond donors (Lipinski definition) is 2. The van der Waals surface area contributed by atoms with Gasteiger partial charge in [0.2, 0.25) is 0 Å². The molecule has 2 nitrogen and oxygen atoms in total. The Balaban J connectivity index is 2.05. The number of hydrogen-bond acceptors (Lipinski definition) is 1. The first-order valence-corrected chi connectivity index (χ1v) is 7.70. The Bertz CT molecular complexity index is 619. The zero-order valence-corrected chi connectivity index (χ0v) is 14.3. The van der Waals surface area contributed by atoms with Crippen LogP contribution in [-0.4, -0.2) is 5.11 Å². The third-order valence-corrected chi connectivity index (χ3v) is 3.77. The highest BCUT2D eigenvalue weighted by Crippen LogP contribution is 2.26. The molecule has 0 aromatic heterocycles. The molecule has 98 valence electrons. The van der Waals surface area contributed by atoms with E-state index in [1.807, 2.05) is 42.5 Å². The van der Waals surface area contributed by atoms with E-state index in [1.54, 1.807) is 0 Å². The van der Waals surface area contributed by atoms with Crippen LogP contribution in [0, 0.1) is 0 Å². The number of thiocarbonyl (C=S) groups is 1. The molecule has 0 heterocycles. The quantitative estimate of drug-likeness (QED) is 0.612. The minimum Gasteiger partial charge on any atom is -0.332 e. The molecule has 0 aliphatic rings. The number of rotatable bonds is 2. The summed E-state index contributed by atoms with van der Waals surface area (Å²) in [5.74, 6) is 0. The van der Waals surface area contributed by atoms with Gasteiger partial charge >= 0.3 is 0 Å². The molecule has 0 aliphatic heterocycles.